The zero-order chi connectivity index (χ0) is 15.8. The molecule has 2 aromatic rings. The van der Waals surface area contributed by atoms with Gasteiger partial charge in [-0.05, 0) is 52.7 Å². The minimum atomic E-state index is -4.47. The fourth-order valence-corrected chi connectivity index (χ4v) is 2.36. The summed E-state index contributed by atoms with van der Waals surface area (Å²) in [5.41, 5.74) is -0.465. The monoisotopic (exact) mass is 360 g/mol. The van der Waals surface area contributed by atoms with Gasteiger partial charge in [0, 0.05) is 11.1 Å². The van der Waals surface area contributed by atoms with Gasteiger partial charge in [0.1, 0.15) is 5.82 Å². The predicted octanol–water partition coefficient (Wildman–Crippen LogP) is 5.15. The van der Waals surface area contributed by atoms with E-state index in [1.165, 1.54) is 25.1 Å². The van der Waals surface area contributed by atoms with Crippen molar-refractivity contribution in [2.24, 2.45) is 0 Å². The summed E-state index contributed by atoms with van der Waals surface area (Å²) < 4.78 is 51.2. The molecule has 21 heavy (non-hydrogen) atoms. The van der Waals surface area contributed by atoms with Crippen LogP contribution in [0.4, 0.5) is 17.6 Å². The van der Waals surface area contributed by atoms with Crippen molar-refractivity contribution < 1.29 is 22.4 Å². The highest BCUT2D eigenvalue weighted by Gasteiger charge is 2.31. The van der Waals surface area contributed by atoms with Crippen LogP contribution in [0.25, 0.3) is 0 Å². The molecule has 0 spiro atoms. The van der Waals surface area contributed by atoms with Gasteiger partial charge in [0.2, 0.25) is 0 Å². The summed E-state index contributed by atoms with van der Waals surface area (Å²) in [5.74, 6) is -1.14. The average Bonchev–Trinajstić information content (AvgIpc) is 2.40. The highest BCUT2D eigenvalue weighted by Crippen LogP contribution is 2.31. The molecule has 0 heterocycles. The van der Waals surface area contributed by atoms with Crippen LogP contribution in [-0.4, -0.2) is 5.78 Å². The van der Waals surface area contributed by atoms with E-state index >= 15 is 0 Å². The molecule has 0 unspecified atom stereocenters. The van der Waals surface area contributed by atoms with Crippen LogP contribution < -0.4 is 0 Å². The van der Waals surface area contributed by atoms with Crippen molar-refractivity contribution in [2.75, 3.05) is 0 Å². The Kier molecular flexibility index (Phi) is 4.18. The number of ketones is 1. The normalized spacial score (nSPS) is 11.5. The number of carbonyl (C=O) groups is 1. The summed E-state index contributed by atoms with van der Waals surface area (Å²) in [7, 11) is 0. The molecule has 0 fully saturated rings. The van der Waals surface area contributed by atoms with Crippen molar-refractivity contribution in [3.8, 4) is 0 Å². The number of hydrogen-bond donors (Lipinski definition) is 0. The Balaban J connectivity index is 2.48. The molecule has 0 aromatic heterocycles. The molecule has 110 valence electrons. The first kappa shape index (κ1) is 15.7. The van der Waals surface area contributed by atoms with Gasteiger partial charge in [0.05, 0.1) is 10.0 Å². The van der Waals surface area contributed by atoms with E-state index < -0.39 is 23.3 Å². The van der Waals surface area contributed by atoms with Crippen molar-refractivity contribution >= 4 is 21.7 Å². The minimum absolute atomic E-state index is 0.00528. The Labute approximate surface area is 126 Å². The van der Waals surface area contributed by atoms with Crippen molar-refractivity contribution in [3.63, 3.8) is 0 Å². The van der Waals surface area contributed by atoms with E-state index in [0.717, 1.165) is 18.2 Å². The lowest BCUT2D eigenvalue weighted by molar-refractivity contribution is -0.137. The van der Waals surface area contributed by atoms with Gasteiger partial charge in [0.25, 0.3) is 0 Å². The fraction of sp³-hybridized carbons (Fsp3) is 0.133. The number of carbonyl (C=O) groups excluding carboxylic acids is 1. The van der Waals surface area contributed by atoms with Crippen LogP contribution in [0, 0.1) is 12.7 Å². The van der Waals surface area contributed by atoms with E-state index in [4.69, 9.17) is 0 Å². The molecule has 2 rings (SSSR count). The smallest absolute Gasteiger partial charge is 0.289 e. The Morgan fingerprint density at radius 1 is 1.10 bits per heavy atom. The van der Waals surface area contributed by atoms with Gasteiger partial charge < -0.3 is 0 Å². The van der Waals surface area contributed by atoms with Crippen LogP contribution in [0.3, 0.4) is 0 Å². The first-order valence-electron chi connectivity index (χ1n) is 5.88. The molecule has 0 amide bonds. The van der Waals surface area contributed by atoms with Gasteiger partial charge in [-0.15, -0.1) is 0 Å². The summed E-state index contributed by atoms with van der Waals surface area (Å²) in [6.07, 6.45) is -4.47. The van der Waals surface area contributed by atoms with Crippen molar-refractivity contribution in [3.05, 3.63) is 68.9 Å². The van der Waals surface area contributed by atoms with E-state index in [1.807, 2.05) is 0 Å². The van der Waals surface area contributed by atoms with Crippen molar-refractivity contribution in [1.82, 2.24) is 0 Å². The molecular weight excluding hydrogens is 352 g/mol. The Morgan fingerprint density at radius 3 is 2.33 bits per heavy atom. The van der Waals surface area contributed by atoms with E-state index in [0.29, 0.717) is 0 Å². The Hall–Kier alpha value is -1.69. The highest BCUT2D eigenvalue weighted by molar-refractivity contribution is 9.10. The second-order valence-electron chi connectivity index (χ2n) is 4.46. The summed E-state index contributed by atoms with van der Waals surface area (Å²) in [6.45, 7) is 1.41. The summed E-state index contributed by atoms with van der Waals surface area (Å²) >= 11 is 2.97. The largest absolute Gasteiger partial charge is 0.416 e. The van der Waals surface area contributed by atoms with Crippen LogP contribution >= 0.6 is 15.9 Å². The zero-order valence-corrected chi connectivity index (χ0v) is 12.3. The number of rotatable bonds is 2. The van der Waals surface area contributed by atoms with Crippen LogP contribution in [-0.2, 0) is 6.18 Å². The molecule has 0 saturated carbocycles. The van der Waals surface area contributed by atoms with Gasteiger partial charge in [0.15, 0.2) is 5.78 Å². The molecule has 6 heteroatoms. The van der Waals surface area contributed by atoms with Gasteiger partial charge in [-0.25, -0.2) is 4.39 Å². The molecule has 0 bridgehead atoms. The van der Waals surface area contributed by atoms with Crippen LogP contribution in [0.5, 0.6) is 0 Å². The first-order valence-corrected chi connectivity index (χ1v) is 6.67. The molecule has 0 aliphatic carbocycles. The Bertz CT molecular complexity index is 707. The fourth-order valence-electron chi connectivity index (χ4n) is 1.92. The SMILES string of the molecule is Cc1cc(C(F)(F)F)ccc1C(=O)c1cccc(F)c1Br. The number of aryl methyl sites for hydroxylation is 1. The standard InChI is InChI=1S/C15H9BrF4O/c1-8-7-9(15(18,19)20)5-6-10(8)14(21)11-3-2-4-12(17)13(11)16/h2-7H,1H3. The molecule has 0 radical (unpaired) electrons. The predicted molar refractivity (Wildman–Crippen MR) is 73.7 cm³/mol. The average molecular weight is 361 g/mol. The third kappa shape index (κ3) is 3.15. The second-order valence-corrected chi connectivity index (χ2v) is 5.25. The van der Waals surface area contributed by atoms with Gasteiger partial charge in [-0.1, -0.05) is 12.1 Å². The number of hydrogen-bond acceptors (Lipinski definition) is 1. The lowest BCUT2D eigenvalue weighted by Gasteiger charge is -2.11. The zero-order valence-electron chi connectivity index (χ0n) is 10.8. The topological polar surface area (TPSA) is 17.1 Å². The molecular formula is C15H9BrF4O. The Morgan fingerprint density at radius 2 is 1.76 bits per heavy atom. The molecule has 2 aromatic carbocycles. The summed E-state index contributed by atoms with van der Waals surface area (Å²) in [5, 5.41) is 0. The lowest BCUT2D eigenvalue weighted by Crippen LogP contribution is -2.09. The molecule has 0 N–H and O–H groups in total. The van der Waals surface area contributed by atoms with Crippen LogP contribution in [0.15, 0.2) is 40.9 Å². The van der Waals surface area contributed by atoms with E-state index in [9.17, 15) is 22.4 Å². The van der Waals surface area contributed by atoms with Crippen molar-refractivity contribution in [2.45, 2.75) is 13.1 Å². The van der Waals surface area contributed by atoms with Gasteiger partial charge in [-0.3, -0.25) is 4.79 Å². The van der Waals surface area contributed by atoms with Crippen LogP contribution in [0.1, 0.15) is 27.0 Å². The maximum Gasteiger partial charge on any atom is 0.416 e. The molecule has 1 nitrogen and oxygen atoms in total. The van der Waals surface area contributed by atoms with E-state index in [-0.39, 0.29) is 21.2 Å². The third-order valence-corrected chi connectivity index (χ3v) is 3.80. The third-order valence-electron chi connectivity index (χ3n) is 2.99. The molecule has 0 atom stereocenters. The lowest BCUT2D eigenvalue weighted by atomic mass is 9.97. The second kappa shape index (κ2) is 5.60. The number of alkyl halides is 3. The maximum atomic E-state index is 13.4. The highest BCUT2D eigenvalue weighted by atomic mass is 79.9. The van der Waals surface area contributed by atoms with E-state index in [1.54, 1.807) is 0 Å². The quantitative estimate of drug-likeness (QED) is 0.534. The minimum Gasteiger partial charge on any atom is -0.289 e. The van der Waals surface area contributed by atoms with Crippen molar-refractivity contribution in [1.29, 1.82) is 0 Å². The molecule has 0 saturated heterocycles. The molecule has 0 aliphatic rings. The molecule has 0 aliphatic heterocycles. The maximum absolute atomic E-state index is 13.4. The summed E-state index contributed by atoms with van der Waals surface area (Å²) in [4.78, 5) is 12.3. The van der Waals surface area contributed by atoms with Gasteiger partial charge in [-0.2, -0.15) is 13.2 Å². The van der Waals surface area contributed by atoms with Gasteiger partial charge >= 0.3 is 6.18 Å². The summed E-state index contributed by atoms with van der Waals surface area (Å²) in [6, 6.07) is 6.81. The number of halogens is 5. The first-order chi connectivity index (χ1) is 9.71. The van der Waals surface area contributed by atoms with Crippen LogP contribution in [0.2, 0.25) is 0 Å². The van der Waals surface area contributed by atoms with E-state index in [2.05, 4.69) is 15.9 Å². The number of benzene rings is 2.